The van der Waals surface area contributed by atoms with Crippen molar-refractivity contribution in [1.82, 2.24) is 0 Å². The topological polar surface area (TPSA) is 26.0 Å². The van der Waals surface area contributed by atoms with E-state index in [-0.39, 0.29) is 25.1 Å². The fraction of sp³-hybridized carbons (Fsp3) is 0.455. The molecule has 1 rings (SSSR count). The van der Waals surface area contributed by atoms with Gasteiger partial charge in [-0.25, -0.2) is 0 Å². The molecule has 0 amide bonds. The standard InChI is InChI=1S/C11H16FN.ClH/c1-8-4-3-5-10(9(8)2)11(13)6-7-12;/h3-5,11H,6-7,13H2,1-2H3;1H/t11-;/m1./s1. The first-order chi connectivity index (χ1) is 6.16. The van der Waals surface area contributed by atoms with Gasteiger partial charge in [0.05, 0.1) is 6.67 Å². The molecule has 80 valence electrons. The van der Waals surface area contributed by atoms with E-state index in [1.54, 1.807) is 0 Å². The van der Waals surface area contributed by atoms with Gasteiger partial charge in [-0.1, -0.05) is 18.2 Å². The van der Waals surface area contributed by atoms with Gasteiger partial charge < -0.3 is 5.73 Å². The lowest BCUT2D eigenvalue weighted by Crippen LogP contribution is -2.12. The Labute approximate surface area is 90.9 Å². The van der Waals surface area contributed by atoms with Crippen LogP contribution in [0.25, 0.3) is 0 Å². The Bertz CT molecular complexity index is 289. The van der Waals surface area contributed by atoms with Crippen molar-refractivity contribution in [2.24, 2.45) is 5.73 Å². The number of rotatable bonds is 3. The molecular weight excluding hydrogens is 201 g/mol. The molecule has 2 N–H and O–H groups in total. The second kappa shape index (κ2) is 5.99. The Kier molecular flexibility index (Phi) is 5.73. The summed E-state index contributed by atoms with van der Waals surface area (Å²) in [5.74, 6) is 0. The lowest BCUT2D eigenvalue weighted by atomic mass is 9.96. The van der Waals surface area contributed by atoms with E-state index in [0.29, 0.717) is 6.42 Å². The molecule has 1 atom stereocenters. The van der Waals surface area contributed by atoms with E-state index in [1.807, 2.05) is 32.0 Å². The molecular formula is C11H17ClFN. The fourth-order valence-corrected chi connectivity index (χ4v) is 1.45. The molecule has 1 aromatic rings. The van der Waals surface area contributed by atoms with Crippen LogP contribution in [0.15, 0.2) is 18.2 Å². The summed E-state index contributed by atoms with van der Waals surface area (Å²) in [5.41, 5.74) is 9.30. The molecule has 1 nitrogen and oxygen atoms in total. The van der Waals surface area contributed by atoms with Gasteiger partial charge in [0.2, 0.25) is 0 Å². The third kappa shape index (κ3) is 2.96. The first-order valence-corrected chi connectivity index (χ1v) is 4.54. The van der Waals surface area contributed by atoms with E-state index in [2.05, 4.69) is 0 Å². The van der Waals surface area contributed by atoms with Crippen molar-refractivity contribution < 1.29 is 4.39 Å². The van der Waals surface area contributed by atoms with Crippen molar-refractivity contribution in [3.63, 3.8) is 0 Å². The normalized spacial score (nSPS) is 12.0. The van der Waals surface area contributed by atoms with Gasteiger partial charge in [0.1, 0.15) is 0 Å². The Balaban J connectivity index is 0.00000169. The van der Waals surface area contributed by atoms with E-state index < -0.39 is 0 Å². The van der Waals surface area contributed by atoms with Crippen LogP contribution in [0.2, 0.25) is 0 Å². The van der Waals surface area contributed by atoms with Gasteiger partial charge >= 0.3 is 0 Å². The summed E-state index contributed by atoms with van der Waals surface area (Å²) < 4.78 is 12.1. The highest BCUT2D eigenvalue weighted by molar-refractivity contribution is 5.85. The molecule has 0 saturated carbocycles. The summed E-state index contributed by atoms with van der Waals surface area (Å²) in [7, 11) is 0. The van der Waals surface area contributed by atoms with E-state index >= 15 is 0 Å². The van der Waals surface area contributed by atoms with Crippen molar-refractivity contribution in [1.29, 1.82) is 0 Å². The second-order valence-corrected chi connectivity index (χ2v) is 3.37. The molecule has 14 heavy (non-hydrogen) atoms. The molecule has 3 heteroatoms. The lowest BCUT2D eigenvalue weighted by molar-refractivity contribution is 0.441. The third-order valence-corrected chi connectivity index (χ3v) is 2.47. The SMILES string of the molecule is Cc1cccc([C@H](N)CCF)c1C.Cl. The largest absolute Gasteiger partial charge is 0.324 e. The summed E-state index contributed by atoms with van der Waals surface area (Å²) in [6.07, 6.45) is 0.407. The molecule has 0 aliphatic heterocycles. The zero-order valence-corrected chi connectivity index (χ0v) is 9.40. The first kappa shape index (κ1) is 13.4. The Morgan fingerprint density at radius 1 is 1.36 bits per heavy atom. The van der Waals surface area contributed by atoms with Crippen LogP contribution in [0.5, 0.6) is 0 Å². The van der Waals surface area contributed by atoms with Gasteiger partial charge in [-0.3, -0.25) is 4.39 Å². The van der Waals surface area contributed by atoms with Crippen LogP contribution in [0, 0.1) is 13.8 Å². The van der Waals surface area contributed by atoms with Crippen molar-refractivity contribution >= 4 is 12.4 Å². The fourth-order valence-electron chi connectivity index (χ4n) is 1.45. The summed E-state index contributed by atoms with van der Waals surface area (Å²) in [6, 6.07) is 5.82. The van der Waals surface area contributed by atoms with Crippen molar-refractivity contribution in [2.45, 2.75) is 26.3 Å². The summed E-state index contributed by atoms with van der Waals surface area (Å²) >= 11 is 0. The zero-order valence-electron chi connectivity index (χ0n) is 8.59. The Morgan fingerprint density at radius 3 is 2.57 bits per heavy atom. The summed E-state index contributed by atoms with van der Waals surface area (Å²) in [4.78, 5) is 0. The van der Waals surface area contributed by atoms with Gasteiger partial charge in [0.15, 0.2) is 0 Å². The molecule has 1 aromatic carbocycles. The molecule has 0 aliphatic carbocycles. The average molecular weight is 218 g/mol. The smallest absolute Gasteiger partial charge is 0.0912 e. The van der Waals surface area contributed by atoms with Gasteiger partial charge in [-0.15, -0.1) is 12.4 Å². The number of benzene rings is 1. The number of hydrogen-bond acceptors (Lipinski definition) is 1. The average Bonchev–Trinajstić information content (AvgIpc) is 2.10. The van der Waals surface area contributed by atoms with Crippen LogP contribution in [0.3, 0.4) is 0 Å². The Hall–Kier alpha value is -0.600. The molecule has 0 bridgehead atoms. The number of halogens is 2. The van der Waals surface area contributed by atoms with Crippen LogP contribution in [-0.2, 0) is 0 Å². The van der Waals surface area contributed by atoms with Crippen LogP contribution < -0.4 is 5.73 Å². The number of alkyl halides is 1. The highest BCUT2D eigenvalue weighted by Gasteiger charge is 2.08. The summed E-state index contributed by atoms with van der Waals surface area (Å²) in [5, 5.41) is 0. The molecule has 0 radical (unpaired) electrons. The number of aryl methyl sites for hydroxylation is 1. The minimum Gasteiger partial charge on any atom is -0.324 e. The van der Waals surface area contributed by atoms with Gasteiger partial charge in [0.25, 0.3) is 0 Å². The first-order valence-electron chi connectivity index (χ1n) is 4.54. The quantitative estimate of drug-likeness (QED) is 0.828. The van der Waals surface area contributed by atoms with E-state index in [0.717, 1.165) is 5.56 Å². The van der Waals surface area contributed by atoms with Crippen LogP contribution >= 0.6 is 12.4 Å². The molecule has 0 fully saturated rings. The maximum atomic E-state index is 12.1. The summed E-state index contributed by atoms with van der Waals surface area (Å²) in [6.45, 7) is 3.72. The third-order valence-electron chi connectivity index (χ3n) is 2.47. The minimum atomic E-state index is -0.353. The van der Waals surface area contributed by atoms with Crippen molar-refractivity contribution in [3.05, 3.63) is 34.9 Å². The maximum absolute atomic E-state index is 12.1. The second-order valence-electron chi connectivity index (χ2n) is 3.37. The molecule has 0 unspecified atom stereocenters. The van der Waals surface area contributed by atoms with Crippen molar-refractivity contribution in [3.8, 4) is 0 Å². The highest BCUT2D eigenvalue weighted by atomic mass is 35.5. The molecule has 0 heterocycles. The van der Waals surface area contributed by atoms with Crippen LogP contribution in [0.1, 0.15) is 29.2 Å². The van der Waals surface area contributed by atoms with Crippen molar-refractivity contribution in [2.75, 3.05) is 6.67 Å². The lowest BCUT2D eigenvalue weighted by Gasteiger charge is -2.14. The van der Waals surface area contributed by atoms with E-state index in [1.165, 1.54) is 11.1 Å². The maximum Gasteiger partial charge on any atom is 0.0912 e. The van der Waals surface area contributed by atoms with Crippen LogP contribution in [-0.4, -0.2) is 6.67 Å². The van der Waals surface area contributed by atoms with Gasteiger partial charge in [0, 0.05) is 6.04 Å². The highest BCUT2D eigenvalue weighted by Crippen LogP contribution is 2.20. The monoisotopic (exact) mass is 217 g/mol. The van der Waals surface area contributed by atoms with Gasteiger partial charge in [-0.2, -0.15) is 0 Å². The molecule has 0 aromatic heterocycles. The Morgan fingerprint density at radius 2 is 2.00 bits per heavy atom. The predicted molar refractivity (Wildman–Crippen MR) is 60.7 cm³/mol. The predicted octanol–water partition coefficient (Wildman–Crippen LogP) is 3.08. The van der Waals surface area contributed by atoms with E-state index in [9.17, 15) is 4.39 Å². The number of nitrogens with two attached hydrogens (primary N) is 1. The minimum absolute atomic E-state index is 0. The molecule has 0 aliphatic rings. The van der Waals surface area contributed by atoms with E-state index in [4.69, 9.17) is 5.73 Å². The molecule has 0 spiro atoms. The van der Waals surface area contributed by atoms with Gasteiger partial charge in [-0.05, 0) is 37.0 Å². The zero-order chi connectivity index (χ0) is 9.84. The van der Waals surface area contributed by atoms with Crippen LogP contribution in [0.4, 0.5) is 4.39 Å². The molecule has 0 saturated heterocycles. The number of hydrogen-bond donors (Lipinski definition) is 1.